The third-order valence-electron chi connectivity index (χ3n) is 3.91. The van der Waals surface area contributed by atoms with Crippen LogP contribution in [0, 0.1) is 0 Å². The molecule has 4 nitrogen and oxygen atoms in total. The standard InChI is InChI=1S/C19H19NO3/c21-13-18-11-17(16-9-5-2-6-10-16)12-20(18)19(22)23-14-15-7-3-1-4-8-15/h1-11,18,21H,12-14H2. The average Bonchev–Trinajstić information content (AvgIpc) is 3.06. The minimum absolute atomic E-state index is 0.114. The Kier molecular flexibility index (Phi) is 4.74. The second-order valence-electron chi connectivity index (χ2n) is 5.48. The predicted molar refractivity (Wildman–Crippen MR) is 88.6 cm³/mol. The van der Waals surface area contributed by atoms with Crippen LogP contribution < -0.4 is 0 Å². The fraction of sp³-hybridized carbons (Fsp3) is 0.211. The maximum atomic E-state index is 12.3. The van der Waals surface area contributed by atoms with Crippen LogP contribution in [0.4, 0.5) is 4.79 Å². The van der Waals surface area contributed by atoms with Crippen molar-refractivity contribution in [3.05, 3.63) is 77.9 Å². The molecule has 1 N–H and O–H groups in total. The van der Waals surface area contributed by atoms with E-state index in [1.807, 2.05) is 66.7 Å². The molecule has 2 aromatic rings. The Labute approximate surface area is 135 Å². The molecular weight excluding hydrogens is 290 g/mol. The molecule has 3 rings (SSSR count). The van der Waals surface area contributed by atoms with Crippen molar-refractivity contribution in [1.29, 1.82) is 0 Å². The Morgan fingerprint density at radius 2 is 1.74 bits per heavy atom. The summed E-state index contributed by atoms with van der Waals surface area (Å²) in [5.74, 6) is 0. The minimum atomic E-state index is -0.407. The zero-order valence-corrected chi connectivity index (χ0v) is 12.8. The van der Waals surface area contributed by atoms with Gasteiger partial charge in [0.15, 0.2) is 0 Å². The van der Waals surface area contributed by atoms with Crippen LogP contribution >= 0.6 is 0 Å². The molecule has 0 radical (unpaired) electrons. The normalized spacial score (nSPS) is 17.0. The van der Waals surface area contributed by atoms with E-state index in [-0.39, 0.29) is 19.3 Å². The fourth-order valence-electron chi connectivity index (χ4n) is 2.67. The second-order valence-corrected chi connectivity index (χ2v) is 5.48. The zero-order valence-electron chi connectivity index (χ0n) is 12.8. The number of hydrogen-bond acceptors (Lipinski definition) is 3. The summed E-state index contributed by atoms with van der Waals surface area (Å²) in [6.45, 7) is 0.564. The molecule has 1 atom stereocenters. The molecule has 0 aromatic heterocycles. The van der Waals surface area contributed by atoms with Crippen molar-refractivity contribution in [3.8, 4) is 0 Å². The van der Waals surface area contributed by atoms with Gasteiger partial charge in [-0.25, -0.2) is 4.79 Å². The number of hydrogen-bond donors (Lipinski definition) is 1. The zero-order chi connectivity index (χ0) is 16.1. The molecule has 23 heavy (non-hydrogen) atoms. The van der Waals surface area contributed by atoms with E-state index in [9.17, 15) is 9.90 Å². The van der Waals surface area contributed by atoms with Crippen LogP contribution in [0.15, 0.2) is 66.7 Å². The van der Waals surface area contributed by atoms with Crippen molar-refractivity contribution in [1.82, 2.24) is 4.90 Å². The van der Waals surface area contributed by atoms with E-state index in [1.165, 1.54) is 0 Å². The largest absolute Gasteiger partial charge is 0.445 e. The van der Waals surface area contributed by atoms with E-state index >= 15 is 0 Å². The third-order valence-corrected chi connectivity index (χ3v) is 3.91. The van der Waals surface area contributed by atoms with Crippen LogP contribution in [0.25, 0.3) is 5.57 Å². The molecule has 2 aromatic carbocycles. The molecule has 0 fully saturated rings. The Morgan fingerprint density at radius 3 is 2.39 bits per heavy atom. The second kappa shape index (κ2) is 7.11. The smallest absolute Gasteiger partial charge is 0.410 e. The Morgan fingerprint density at radius 1 is 1.09 bits per heavy atom. The van der Waals surface area contributed by atoms with Crippen LogP contribution in [0.2, 0.25) is 0 Å². The van der Waals surface area contributed by atoms with Crippen molar-refractivity contribution < 1.29 is 14.6 Å². The van der Waals surface area contributed by atoms with Gasteiger partial charge in [0.25, 0.3) is 0 Å². The summed E-state index contributed by atoms with van der Waals surface area (Å²) in [7, 11) is 0. The van der Waals surface area contributed by atoms with Gasteiger partial charge in [0.05, 0.1) is 19.2 Å². The van der Waals surface area contributed by atoms with Crippen LogP contribution in [0.5, 0.6) is 0 Å². The van der Waals surface area contributed by atoms with Crippen LogP contribution in [-0.4, -0.2) is 35.3 Å². The van der Waals surface area contributed by atoms with Gasteiger partial charge in [0.2, 0.25) is 0 Å². The molecule has 0 saturated carbocycles. The molecule has 4 heteroatoms. The lowest BCUT2D eigenvalue weighted by Gasteiger charge is -2.22. The summed E-state index contributed by atoms with van der Waals surface area (Å²) in [5.41, 5.74) is 3.03. The summed E-state index contributed by atoms with van der Waals surface area (Å²) < 4.78 is 5.37. The summed E-state index contributed by atoms with van der Waals surface area (Å²) in [6, 6.07) is 19.1. The molecular formula is C19H19NO3. The first-order valence-electron chi connectivity index (χ1n) is 7.62. The molecule has 1 unspecified atom stereocenters. The number of aliphatic hydroxyl groups is 1. The van der Waals surface area contributed by atoms with E-state index in [2.05, 4.69) is 0 Å². The average molecular weight is 309 g/mol. The number of carbonyl (C=O) groups is 1. The minimum Gasteiger partial charge on any atom is -0.445 e. The Bertz CT molecular complexity index is 682. The number of aliphatic hydroxyl groups excluding tert-OH is 1. The van der Waals surface area contributed by atoms with Gasteiger partial charge >= 0.3 is 6.09 Å². The van der Waals surface area contributed by atoms with Crippen LogP contribution in [0.1, 0.15) is 11.1 Å². The van der Waals surface area contributed by atoms with Crippen LogP contribution in [-0.2, 0) is 11.3 Å². The number of ether oxygens (including phenoxy) is 1. The summed E-state index contributed by atoms with van der Waals surface area (Å²) in [5, 5.41) is 9.54. The Hall–Kier alpha value is -2.59. The molecule has 1 amide bonds. The van der Waals surface area contributed by atoms with Crippen molar-refractivity contribution in [3.63, 3.8) is 0 Å². The highest BCUT2D eigenvalue weighted by atomic mass is 16.6. The van der Waals surface area contributed by atoms with Gasteiger partial charge < -0.3 is 9.84 Å². The van der Waals surface area contributed by atoms with Gasteiger partial charge in [0, 0.05) is 0 Å². The first-order chi connectivity index (χ1) is 11.3. The van der Waals surface area contributed by atoms with Gasteiger partial charge in [-0.2, -0.15) is 0 Å². The van der Waals surface area contributed by atoms with Crippen LogP contribution in [0.3, 0.4) is 0 Å². The lowest BCUT2D eigenvalue weighted by molar-refractivity contribution is 0.0844. The van der Waals surface area contributed by atoms with Gasteiger partial charge in [-0.05, 0) is 16.7 Å². The summed E-state index contributed by atoms with van der Waals surface area (Å²) in [4.78, 5) is 13.9. The summed E-state index contributed by atoms with van der Waals surface area (Å²) >= 11 is 0. The van der Waals surface area contributed by atoms with Crippen molar-refractivity contribution in [2.24, 2.45) is 0 Å². The highest BCUT2D eigenvalue weighted by molar-refractivity contribution is 5.78. The number of carbonyl (C=O) groups excluding carboxylic acids is 1. The highest BCUT2D eigenvalue weighted by Gasteiger charge is 2.30. The van der Waals surface area contributed by atoms with Gasteiger partial charge in [0.1, 0.15) is 6.61 Å². The maximum Gasteiger partial charge on any atom is 0.410 e. The first kappa shape index (κ1) is 15.3. The quantitative estimate of drug-likeness (QED) is 0.944. The molecule has 1 aliphatic heterocycles. The molecule has 118 valence electrons. The first-order valence-corrected chi connectivity index (χ1v) is 7.62. The molecule has 0 saturated heterocycles. The van der Waals surface area contributed by atoms with E-state index < -0.39 is 6.09 Å². The number of nitrogens with zero attached hydrogens (tertiary/aromatic N) is 1. The van der Waals surface area contributed by atoms with Crippen molar-refractivity contribution in [2.45, 2.75) is 12.6 Å². The third kappa shape index (κ3) is 3.60. The lowest BCUT2D eigenvalue weighted by atomic mass is 10.1. The number of amides is 1. The van der Waals surface area contributed by atoms with Gasteiger partial charge in [-0.15, -0.1) is 0 Å². The van der Waals surface area contributed by atoms with E-state index in [4.69, 9.17) is 4.74 Å². The molecule has 0 spiro atoms. The molecule has 0 bridgehead atoms. The molecule has 0 aliphatic carbocycles. The van der Waals surface area contributed by atoms with Crippen molar-refractivity contribution in [2.75, 3.05) is 13.2 Å². The maximum absolute atomic E-state index is 12.3. The monoisotopic (exact) mass is 309 g/mol. The summed E-state index contributed by atoms with van der Waals surface area (Å²) in [6.07, 6.45) is 1.52. The molecule has 1 aliphatic rings. The lowest BCUT2D eigenvalue weighted by Crippen LogP contribution is -2.38. The van der Waals surface area contributed by atoms with Gasteiger partial charge in [-0.1, -0.05) is 66.7 Å². The van der Waals surface area contributed by atoms with E-state index in [0.717, 1.165) is 16.7 Å². The molecule has 1 heterocycles. The fourth-order valence-corrected chi connectivity index (χ4v) is 2.67. The predicted octanol–water partition coefficient (Wildman–Crippen LogP) is 3.08. The van der Waals surface area contributed by atoms with E-state index in [0.29, 0.717) is 6.54 Å². The number of benzene rings is 2. The number of rotatable bonds is 4. The Balaban J connectivity index is 1.65. The topological polar surface area (TPSA) is 49.8 Å². The van der Waals surface area contributed by atoms with Gasteiger partial charge in [-0.3, -0.25) is 4.90 Å². The van der Waals surface area contributed by atoms with E-state index in [1.54, 1.807) is 4.90 Å². The van der Waals surface area contributed by atoms with Crippen molar-refractivity contribution >= 4 is 11.7 Å². The highest BCUT2D eigenvalue weighted by Crippen LogP contribution is 2.25. The SMILES string of the molecule is O=C(OCc1ccccc1)N1CC(c2ccccc2)=CC1CO.